The number of benzene rings is 3. The van der Waals surface area contributed by atoms with Crippen LogP contribution >= 0.6 is 11.3 Å². The van der Waals surface area contributed by atoms with E-state index in [0.29, 0.717) is 4.88 Å². The third-order valence-electron chi connectivity index (χ3n) is 7.03. The lowest BCUT2D eigenvalue weighted by atomic mass is 10.1. The largest absolute Gasteiger partial charge is 0.459 e. The number of esters is 3. The van der Waals surface area contributed by atoms with Crippen molar-refractivity contribution in [1.29, 1.82) is 0 Å². The fourth-order valence-electron chi connectivity index (χ4n) is 4.81. The molecule has 3 heterocycles. The standard InChI is InChI=1S/C33H25N3O9S/c37-28-25(24-17-10-18-46-24)35-36(33(41)34-28)29-27(45-32(40)22-15-8-3-9-16-22)26(44-31(39)21-13-6-2-7-14-21)23(43-29)19-42-30(38)20-11-4-1-5-12-20/h1-18,23,26-27,29H,19H2,(H,34,37,41)/t23-,26-,27-,29-/m1/s1. The Kier molecular flexibility index (Phi) is 8.94. The Morgan fingerprint density at radius 2 is 1.28 bits per heavy atom. The van der Waals surface area contributed by atoms with Crippen molar-refractivity contribution in [3.8, 4) is 10.6 Å². The van der Waals surface area contributed by atoms with Crippen molar-refractivity contribution in [2.24, 2.45) is 0 Å². The second kappa shape index (κ2) is 13.5. The van der Waals surface area contributed by atoms with Gasteiger partial charge in [-0.3, -0.25) is 9.78 Å². The smallest absolute Gasteiger partial charge is 0.347 e. The summed E-state index contributed by atoms with van der Waals surface area (Å²) in [5.74, 6) is -2.27. The molecular formula is C33H25N3O9S. The molecule has 1 fully saturated rings. The van der Waals surface area contributed by atoms with E-state index in [9.17, 15) is 24.0 Å². The minimum absolute atomic E-state index is 0.0804. The van der Waals surface area contributed by atoms with Gasteiger partial charge in [0.1, 0.15) is 12.7 Å². The molecule has 1 aliphatic heterocycles. The van der Waals surface area contributed by atoms with Gasteiger partial charge in [0.25, 0.3) is 5.56 Å². The van der Waals surface area contributed by atoms with Gasteiger partial charge in [-0.15, -0.1) is 11.3 Å². The number of aromatic nitrogens is 3. The van der Waals surface area contributed by atoms with Crippen LogP contribution in [0.2, 0.25) is 0 Å². The first-order chi connectivity index (χ1) is 22.4. The zero-order valence-corrected chi connectivity index (χ0v) is 24.7. The Hall–Kier alpha value is -5.66. The van der Waals surface area contributed by atoms with Crippen LogP contribution in [0.5, 0.6) is 0 Å². The molecule has 46 heavy (non-hydrogen) atoms. The highest BCUT2D eigenvalue weighted by molar-refractivity contribution is 7.13. The van der Waals surface area contributed by atoms with Gasteiger partial charge < -0.3 is 18.9 Å². The van der Waals surface area contributed by atoms with Crippen molar-refractivity contribution >= 4 is 29.2 Å². The number of hydrogen-bond acceptors (Lipinski definition) is 11. The molecule has 13 heteroatoms. The molecule has 0 spiro atoms. The van der Waals surface area contributed by atoms with E-state index < -0.39 is 60.3 Å². The van der Waals surface area contributed by atoms with Gasteiger partial charge in [-0.05, 0) is 47.8 Å². The first kappa shape index (κ1) is 30.4. The lowest BCUT2D eigenvalue weighted by molar-refractivity contribution is -0.0697. The van der Waals surface area contributed by atoms with E-state index in [1.54, 1.807) is 84.2 Å². The van der Waals surface area contributed by atoms with Gasteiger partial charge in [0.15, 0.2) is 24.1 Å². The molecule has 0 radical (unpaired) electrons. The summed E-state index contributed by atoms with van der Waals surface area (Å²) in [7, 11) is 0. The average Bonchev–Trinajstić information content (AvgIpc) is 3.74. The summed E-state index contributed by atoms with van der Waals surface area (Å²) >= 11 is 1.22. The first-order valence-corrected chi connectivity index (χ1v) is 14.9. The molecule has 4 atom stereocenters. The van der Waals surface area contributed by atoms with Crippen LogP contribution in [0.1, 0.15) is 37.3 Å². The third kappa shape index (κ3) is 6.55. The maximum Gasteiger partial charge on any atom is 0.347 e. The Labute approximate surface area is 264 Å². The second-order valence-electron chi connectivity index (χ2n) is 10.0. The molecule has 1 aliphatic rings. The Morgan fingerprint density at radius 3 is 1.83 bits per heavy atom. The van der Waals surface area contributed by atoms with E-state index >= 15 is 0 Å². The summed E-state index contributed by atoms with van der Waals surface area (Å²) in [5.41, 5.74) is -1.15. The summed E-state index contributed by atoms with van der Waals surface area (Å²) in [6, 6.07) is 27.7. The minimum atomic E-state index is -1.51. The van der Waals surface area contributed by atoms with Crippen LogP contribution in [0.25, 0.3) is 10.6 Å². The van der Waals surface area contributed by atoms with Crippen LogP contribution in [0.15, 0.2) is 118 Å². The number of hydrogen-bond donors (Lipinski definition) is 1. The van der Waals surface area contributed by atoms with Crippen molar-refractivity contribution in [2.45, 2.75) is 24.5 Å². The van der Waals surface area contributed by atoms with Gasteiger partial charge >= 0.3 is 23.6 Å². The number of nitrogens with zero attached hydrogens (tertiary/aromatic N) is 2. The van der Waals surface area contributed by atoms with Gasteiger partial charge in [-0.1, -0.05) is 60.7 Å². The van der Waals surface area contributed by atoms with E-state index in [0.717, 1.165) is 4.68 Å². The highest BCUT2D eigenvalue weighted by atomic mass is 32.1. The maximum absolute atomic E-state index is 13.4. The molecule has 1 N–H and O–H groups in total. The molecule has 1 saturated heterocycles. The summed E-state index contributed by atoms with van der Waals surface area (Å²) in [5, 5.41) is 6.02. The van der Waals surface area contributed by atoms with E-state index in [1.165, 1.54) is 35.6 Å². The summed E-state index contributed by atoms with van der Waals surface area (Å²) in [6.07, 6.45) is -5.61. The normalized spacial score (nSPS) is 18.9. The van der Waals surface area contributed by atoms with Gasteiger partial charge in [-0.25, -0.2) is 19.2 Å². The molecule has 0 aliphatic carbocycles. The molecule has 5 aromatic rings. The first-order valence-electron chi connectivity index (χ1n) is 14.1. The summed E-state index contributed by atoms with van der Waals surface area (Å²) < 4.78 is 24.3. The molecule has 6 rings (SSSR count). The van der Waals surface area contributed by atoms with Crippen molar-refractivity contribution in [3.05, 3.63) is 146 Å². The minimum Gasteiger partial charge on any atom is -0.459 e. The number of ether oxygens (including phenoxy) is 4. The van der Waals surface area contributed by atoms with E-state index in [1.807, 2.05) is 0 Å². The zero-order valence-electron chi connectivity index (χ0n) is 23.9. The van der Waals surface area contributed by atoms with Crippen molar-refractivity contribution in [2.75, 3.05) is 6.61 Å². The average molecular weight is 640 g/mol. The topological polar surface area (TPSA) is 156 Å². The van der Waals surface area contributed by atoms with E-state index in [4.69, 9.17) is 18.9 Å². The number of carbonyl (C=O) groups is 3. The monoisotopic (exact) mass is 639 g/mol. The van der Waals surface area contributed by atoms with Crippen LogP contribution in [0, 0.1) is 0 Å². The van der Waals surface area contributed by atoms with Crippen molar-refractivity contribution in [3.63, 3.8) is 0 Å². The van der Waals surface area contributed by atoms with Crippen LogP contribution in [0.4, 0.5) is 0 Å². The molecule has 0 unspecified atom stereocenters. The molecule has 2 aromatic heterocycles. The Balaban J connectivity index is 1.40. The Morgan fingerprint density at radius 1 is 0.739 bits per heavy atom. The fraction of sp³-hybridized carbons (Fsp3) is 0.152. The highest BCUT2D eigenvalue weighted by Gasteiger charge is 2.52. The van der Waals surface area contributed by atoms with Gasteiger partial charge in [0.2, 0.25) is 0 Å². The number of H-pyrrole nitrogens is 1. The SMILES string of the molecule is O=C(OC[C@H]1O[C@@H](n2nc(-c3cccs3)c(=O)[nH]c2=O)[C@H](OC(=O)c2ccccc2)[C@@H]1OC(=O)c1ccccc1)c1ccccc1. The molecule has 0 bridgehead atoms. The number of carbonyl (C=O) groups excluding carboxylic acids is 3. The molecule has 3 aromatic carbocycles. The van der Waals surface area contributed by atoms with Gasteiger partial charge in [0, 0.05) is 0 Å². The Bertz CT molecular complexity index is 1950. The van der Waals surface area contributed by atoms with Crippen LogP contribution in [-0.2, 0) is 18.9 Å². The number of aromatic amines is 1. The second-order valence-corrected chi connectivity index (χ2v) is 11.0. The predicted molar refractivity (Wildman–Crippen MR) is 164 cm³/mol. The highest BCUT2D eigenvalue weighted by Crippen LogP contribution is 2.35. The molecule has 12 nitrogen and oxygen atoms in total. The lowest BCUT2D eigenvalue weighted by Gasteiger charge is -2.24. The van der Waals surface area contributed by atoms with Crippen molar-refractivity contribution in [1.82, 2.24) is 14.8 Å². The molecule has 232 valence electrons. The number of thiophene rings is 1. The molecule has 0 amide bonds. The fourth-order valence-corrected chi connectivity index (χ4v) is 5.52. The quantitative estimate of drug-likeness (QED) is 0.186. The zero-order chi connectivity index (χ0) is 32.0. The molecular weight excluding hydrogens is 614 g/mol. The summed E-state index contributed by atoms with van der Waals surface area (Å²) in [6.45, 7) is -0.452. The van der Waals surface area contributed by atoms with Crippen molar-refractivity contribution < 1.29 is 33.3 Å². The maximum atomic E-state index is 13.4. The van der Waals surface area contributed by atoms with Crippen LogP contribution in [0.3, 0.4) is 0 Å². The van der Waals surface area contributed by atoms with E-state index in [2.05, 4.69) is 10.1 Å². The van der Waals surface area contributed by atoms with Crippen LogP contribution in [-0.4, -0.2) is 57.6 Å². The number of rotatable bonds is 9. The van der Waals surface area contributed by atoms with Gasteiger partial charge in [-0.2, -0.15) is 9.78 Å². The van der Waals surface area contributed by atoms with Crippen LogP contribution < -0.4 is 11.2 Å². The van der Waals surface area contributed by atoms with Gasteiger partial charge in [0.05, 0.1) is 21.6 Å². The summed E-state index contributed by atoms with van der Waals surface area (Å²) in [4.78, 5) is 68.1. The third-order valence-corrected chi connectivity index (χ3v) is 7.90. The predicted octanol–water partition coefficient (Wildman–Crippen LogP) is 3.87. The number of nitrogens with one attached hydrogen (secondary N) is 1. The van der Waals surface area contributed by atoms with E-state index in [-0.39, 0.29) is 22.4 Å². The molecule has 0 saturated carbocycles. The lowest BCUT2D eigenvalue weighted by Crippen LogP contribution is -2.44.